The van der Waals surface area contributed by atoms with E-state index in [1.165, 1.54) is 48.1 Å². The minimum absolute atomic E-state index is 0.0259. The second kappa shape index (κ2) is 13.9. The third-order valence-corrected chi connectivity index (χ3v) is 9.64. The van der Waals surface area contributed by atoms with Gasteiger partial charge in [0.25, 0.3) is 24.2 Å². The summed E-state index contributed by atoms with van der Waals surface area (Å²) in [5.74, 6) is -1.24. The van der Waals surface area contributed by atoms with Crippen LogP contribution in [0.1, 0.15) is 33.1 Å². The number of benzene rings is 1. The van der Waals surface area contributed by atoms with E-state index in [4.69, 9.17) is 22.1 Å². The minimum atomic E-state index is -4.83. The van der Waals surface area contributed by atoms with E-state index in [2.05, 4.69) is 20.4 Å². The summed E-state index contributed by atoms with van der Waals surface area (Å²) >= 11 is 6.50. The van der Waals surface area contributed by atoms with E-state index in [0.29, 0.717) is 42.7 Å². The van der Waals surface area contributed by atoms with Crippen molar-refractivity contribution in [1.29, 1.82) is 0 Å². The first-order valence-corrected chi connectivity index (χ1v) is 16.5. The van der Waals surface area contributed by atoms with E-state index in [0.717, 1.165) is 17.1 Å². The summed E-state index contributed by atoms with van der Waals surface area (Å²) in [5.41, 5.74) is 4.83. The summed E-state index contributed by atoms with van der Waals surface area (Å²) in [6.45, 7) is 2.14. The number of nitrogens with zero attached hydrogens (tertiary/aromatic N) is 8. The Labute approximate surface area is 300 Å². The number of pyridine rings is 1. The summed E-state index contributed by atoms with van der Waals surface area (Å²) < 4.78 is 49.8. The second-order valence-corrected chi connectivity index (χ2v) is 13.5. The van der Waals surface area contributed by atoms with Crippen LogP contribution in [-0.2, 0) is 27.5 Å². The van der Waals surface area contributed by atoms with Crippen LogP contribution < -0.4 is 11.1 Å². The van der Waals surface area contributed by atoms with Crippen LogP contribution in [0.25, 0.3) is 17.1 Å². The zero-order valence-electron chi connectivity index (χ0n) is 28.3. The molecule has 2 atom stereocenters. The van der Waals surface area contributed by atoms with Crippen LogP contribution in [0.2, 0.25) is 5.02 Å². The smallest absolute Gasteiger partial charge is 0.435 e. The normalized spacial score (nSPS) is 18.7. The molecule has 0 spiro atoms. The largest absolute Gasteiger partial charge is 0.458 e. The summed E-state index contributed by atoms with van der Waals surface area (Å²) in [7, 11) is 5.24. The lowest BCUT2D eigenvalue weighted by atomic mass is 10.1. The van der Waals surface area contributed by atoms with Crippen LogP contribution in [0, 0.1) is 0 Å². The van der Waals surface area contributed by atoms with Crippen molar-refractivity contribution in [3.8, 4) is 17.1 Å². The number of piperazine rings is 1. The van der Waals surface area contributed by atoms with E-state index in [9.17, 15) is 32.3 Å². The average molecular weight is 744 g/mol. The monoisotopic (exact) mass is 743 g/mol. The molecule has 2 aliphatic rings. The number of quaternary nitrogens is 1. The van der Waals surface area contributed by atoms with Crippen LogP contribution in [-0.4, -0.2) is 122 Å². The number of aromatic nitrogens is 5. The highest BCUT2D eigenvalue weighted by molar-refractivity contribution is 6.34. The van der Waals surface area contributed by atoms with Gasteiger partial charge in [0.1, 0.15) is 6.54 Å². The summed E-state index contributed by atoms with van der Waals surface area (Å²) in [4.78, 5) is 62.2. The summed E-state index contributed by atoms with van der Waals surface area (Å²) in [5, 5.41) is 6.38. The van der Waals surface area contributed by atoms with E-state index < -0.39 is 17.8 Å². The fourth-order valence-electron chi connectivity index (χ4n) is 6.59. The number of carbonyl (C=O) groups is 4. The van der Waals surface area contributed by atoms with Crippen molar-refractivity contribution >= 4 is 47.2 Å². The molecule has 0 bridgehead atoms. The maximum absolute atomic E-state index is 14.0. The van der Waals surface area contributed by atoms with Crippen molar-refractivity contribution in [2.24, 2.45) is 7.05 Å². The number of ether oxygens (including phenoxy) is 1. The van der Waals surface area contributed by atoms with Gasteiger partial charge in [-0.05, 0) is 30.3 Å². The fraction of sp³-hybridized carbons (Fsp3) is 0.364. The molecule has 15 nitrogen and oxygen atoms in total. The Hall–Kier alpha value is -5.49. The molecule has 274 valence electrons. The van der Waals surface area contributed by atoms with E-state index in [1.807, 2.05) is 14.1 Å². The van der Waals surface area contributed by atoms with Gasteiger partial charge in [0, 0.05) is 45.1 Å². The molecule has 2 fully saturated rings. The zero-order valence-corrected chi connectivity index (χ0v) is 29.1. The zero-order chi connectivity index (χ0) is 37.5. The van der Waals surface area contributed by atoms with E-state index in [1.54, 1.807) is 9.80 Å². The Bertz CT molecular complexity index is 2020. The lowest BCUT2D eigenvalue weighted by Gasteiger charge is -2.38. The van der Waals surface area contributed by atoms with Crippen LogP contribution in [0.3, 0.4) is 0 Å². The first kappa shape index (κ1) is 36.3. The molecular weight excluding hydrogens is 709 g/mol. The van der Waals surface area contributed by atoms with E-state index >= 15 is 0 Å². The number of carbonyl (C=O) groups excluding carboxylic acids is 4. The van der Waals surface area contributed by atoms with Crippen molar-refractivity contribution < 1.29 is 41.6 Å². The standard InChI is InChI=1S/C33H34ClF3N10O5/c1-43-25(23-16-46(42-28(23)33(35,36)37)27-7-4-19(38)14-39-27)15-40-29(43)30(49)41-20-5-6-22(24(34)12-20)31(50)44-8-10-45(11-9-44)32(51)26-13-21(52-18-48)17-47(26,2)3/h4-7,12,14-16,18,21,26H,8-11,13,17,38H2,1-3H3/p+1/t21-,26+/m1/s1. The van der Waals surface area contributed by atoms with Gasteiger partial charge in [0.05, 0.1) is 60.4 Å². The van der Waals surface area contributed by atoms with Crippen LogP contribution in [0.4, 0.5) is 24.5 Å². The lowest BCUT2D eigenvalue weighted by molar-refractivity contribution is -0.894. The number of nitrogen functional groups attached to an aromatic ring is 1. The number of alkyl halides is 3. The Morgan fingerprint density at radius 2 is 1.77 bits per heavy atom. The molecule has 3 amide bonds. The molecule has 1 aromatic carbocycles. The first-order valence-electron chi connectivity index (χ1n) is 16.1. The maximum atomic E-state index is 14.0. The molecule has 2 aliphatic heterocycles. The molecular formula is C33H35ClF3N10O5+. The van der Waals surface area contributed by atoms with Gasteiger partial charge in [-0.1, -0.05) is 11.6 Å². The van der Waals surface area contributed by atoms with Crippen molar-refractivity contribution in [2.75, 3.05) is 57.9 Å². The molecule has 19 heteroatoms. The molecule has 0 radical (unpaired) electrons. The number of likely N-dealkylation sites (N-methyl/N-ethyl adjacent to an activating group) is 1. The molecule has 5 heterocycles. The molecule has 0 saturated carbocycles. The molecule has 3 aromatic heterocycles. The number of imidazole rings is 1. The molecule has 0 unspecified atom stereocenters. The Balaban J connectivity index is 1.11. The number of nitrogens with one attached hydrogen (secondary N) is 1. The SMILES string of the molecule is Cn1c(-c2cn(-c3ccc(N)cn3)nc2C(F)(F)F)cnc1C(=O)Nc1ccc(C(=O)N2CCN(C(=O)[C@@H]3C[C@@H](OC=O)C[N+]3(C)C)CC2)c(Cl)c1. The van der Waals surface area contributed by atoms with Gasteiger partial charge in [-0.2, -0.15) is 18.3 Å². The number of hydrogen-bond donors (Lipinski definition) is 2. The predicted molar refractivity (Wildman–Crippen MR) is 181 cm³/mol. The Morgan fingerprint density at radius 1 is 1.06 bits per heavy atom. The lowest BCUT2D eigenvalue weighted by Crippen LogP contribution is -2.58. The number of amides is 3. The topological polar surface area (TPSA) is 171 Å². The third kappa shape index (κ3) is 7.16. The Morgan fingerprint density at radius 3 is 2.40 bits per heavy atom. The quantitative estimate of drug-likeness (QED) is 0.204. The number of halogens is 4. The van der Waals surface area contributed by atoms with Gasteiger partial charge >= 0.3 is 6.18 Å². The van der Waals surface area contributed by atoms with Crippen molar-refractivity contribution in [2.45, 2.75) is 24.7 Å². The number of hydrogen-bond acceptors (Lipinski definition) is 9. The Kier molecular flexibility index (Phi) is 9.71. The predicted octanol–water partition coefficient (Wildman–Crippen LogP) is 2.85. The minimum Gasteiger partial charge on any atom is -0.458 e. The molecule has 52 heavy (non-hydrogen) atoms. The summed E-state index contributed by atoms with van der Waals surface area (Å²) in [6.07, 6.45) is -1.16. The second-order valence-electron chi connectivity index (χ2n) is 13.1. The number of rotatable bonds is 8. The van der Waals surface area contributed by atoms with Crippen molar-refractivity contribution in [3.05, 3.63) is 71.0 Å². The van der Waals surface area contributed by atoms with Gasteiger partial charge in [-0.3, -0.25) is 19.2 Å². The molecule has 0 aliphatic carbocycles. The average Bonchev–Trinajstić information content (AvgIpc) is 3.79. The fourth-order valence-corrected chi connectivity index (χ4v) is 6.86. The molecule has 2 saturated heterocycles. The van der Waals surface area contributed by atoms with Crippen molar-refractivity contribution in [1.82, 2.24) is 34.1 Å². The number of anilines is 2. The van der Waals surface area contributed by atoms with Crippen molar-refractivity contribution in [3.63, 3.8) is 0 Å². The maximum Gasteiger partial charge on any atom is 0.435 e. The van der Waals surface area contributed by atoms with Gasteiger partial charge in [0.15, 0.2) is 29.5 Å². The molecule has 3 N–H and O–H groups in total. The number of nitrogens with two attached hydrogens (primary N) is 1. The molecule has 6 rings (SSSR count). The highest BCUT2D eigenvalue weighted by Crippen LogP contribution is 2.37. The van der Waals surface area contributed by atoms with Gasteiger partial charge in [-0.15, -0.1) is 0 Å². The van der Waals surface area contributed by atoms with Gasteiger partial charge in [-0.25, -0.2) is 14.6 Å². The van der Waals surface area contributed by atoms with Gasteiger partial charge < -0.3 is 34.6 Å². The van der Waals surface area contributed by atoms with E-state index in [-0.39, 0.29) is 76.2 Å². The van der Waals surface area contributed by atoms with Crippen LogP contribution in [0.15, 0.2) is 48.9 Å². The number of likely N-dealkylation sites (tertiary alicyclic amines) is 1. The van der Waals surface area contributed by atoms with Crippen LogP contribution in [0.5, 0.6) is 0 Å². The molecule has 4 aromatic rings. The highest BCUT2D eigenvalue weighted by Gasteiger charge is 2.48. The third-order valence-electron chi connectivity index (χ3n) is 9.33. The first-order chi connectivity index (χ1) is 24.6. The summed E-state index contributed by atoms with van der Waals surface area (Å²) in [6, 6.07) is 6.86. The highest BCUT2D eigenvalue weighted by atomic mass is 35.5. The van der Waals surface area contributed by atoms with Crippen LogP contribution >= 0.6 is 11.6 Å². The van der Waals surface area contributed by atoms with Gasteiger partial charge in [0.2, 0.25) is 0 Å².